The van der Waals surface area contributed by atoms with Crippen molar-refractivity contribution in [2.75, 3.05) is 30.9 Å². The Morgan fingerprint density at radius 2 is 1.74 bits per heavy atom. The first kappa shape index (κ1) is 21.9. The normalized spacial score (nSPS) is 19.9. The summed E-state index contributed by atoms with van der Waals surface area (Å²) in [7, 11) is -3.75. The Balaban J connectivity index is 1.36. The van der Waals surface area contributed by atoms with Crippen molar-refractivity contribution in [3.63, 3.8) is 0 Å². The van der Waals surface area contributed by atoms with Crippen molar-refractivity contribution in [3.05, 3.63) is 65.2 Å². The summed E-state index contributed by atoms with van der Waals surface area (Å²) in [6.45, 7) is 3.86. The van der Waals surface area contributed by atoms with Crippen LogP contribution in [0.3, 0.4) is 0 Å². The van der Waals surface area contributed by atoms with E-state index in [9.17, 15) is 13.2 Å². The fourth-order valence-electron chi connectivity index (χ4n) is 4.13. The second-order valence-electron chi connectivity index (χ2n) is 7.96. The maximum Gasteiger partial charge on any atom is 0.261 e. The third-order valence-corrected chi connectivity index (χ3v) is 7.57. The standard InChI is InChI=1S/C23H26ClN3O3S/c24-21-5-1-2-6-22(21)25-31(29,30)20-10-7-18(8-11-20)9-12-23(28)27-16-13-19(17-27)26-14-3-4-15-26/h1-2,5-12,19,25H,3-4,13-17H2/b12-9+. The molecule has 0 aliphatic carbocycles. The Labute approximate surface area is 188 Å². The van der Waals surface area contributed by atoms with Crippen molar-refractivity contribution in [1.82, 2.24) is 9.80 Å². The summed E-state index contributed by atoms with van der Waals surface area (Å²) in [6, 6.07) is 13.6. The molecule has 1 atom stereocenters. The third-order valence-electron chi connectivity index (χ3n) is 5.86. The Morgan fingerprint density at radius 3 is 2.45 bits per heavy atom. The molecule has 8 heteroatoms. The van der Waals surface area contributed by atoms with E-state index in [1.807, 2.05) is 4.90 Å². The molecule has 0 spiro atoms. The molecule has 1 N–H and O–H groups in total. The van der Waals surface area contributed by atoms with E-state index in [2.05, 4.69) is 9.62 Å². The van der Waals surface area contributed by atoms with Crippen LogP contribution in [0.4, 0.5) is 5.69 Å². The number of hydrogen-bond acceptors (Lipinski definition) is 4. The molecule has 0 bridgehead atoms. The number of hydrogen-bond donors (Lipinski definition) is 1. The maximum atomic E-state index is 12.6. The highest BCUT2D eigenvalue weighted by atomic mass is 35.5. The van der Waals surface area contributed by atoms with Gasteiger partial charge in [-0.05, 0) is 68.3 Å². The number of likely N-dealkylation sites (tertiary alicyclic amines) is 2. The van der Waals surface area contributed by atoms with E-state index < -0.39 is 10.0 Å². The molecule has 2 fully saturated rings. The smallest absolute Gasteiger partial charge is 0.261 e. The van der Waals surface area contributed by atoms with Gasteiger partial charge in [-0.15, -0.1) is 0 Å². The molecular formula is C23H26ClN3O3S. The van der Waals surface area contributed by atoms with Crippen LogP contribution in [0.1, 0.15) is 24.8 Å². The minimum absolute atomic E-state index is 0.00113. The molecule has 4 rings (SSSR count). The minimum atomic E-state index is -3.75. The molecule has 2 saturated heterocycles. The quantitative estimate of drug-likeness (QED) is 0.666. The molecular weight excluding hydrogens is 434 g/mol. The number of carbonyl (C=O) groups is 1. The van der Waals surface area contributed by atoms with Crippen LogP contribution in [-0.2, 0) is 14.8 Å². The Morgan fingerprint density at radius 1 is 1.03 bits per heavy atom. The van der Waals surface area contributed by atoms with Crippen LogP contribution >= 0.6 is 11.6 Å². The van der Waals surface area contributed by atoms with Crippen molar-refractivity contribution < 1.29 is 13.2 Å². The van der Waals surface area contributed by atoms with E-state index in [0.717, 1.165) is 38.2 Å². The molecule has 0 aromatic heterocycles. The number of benzene rings is 2. The highest BCUT2D eigenvalue weighted by Gasteiger charge is 2.30. The van der Waals surface area contributed by atoms with Crippen LogP contribution in [0, 0.1) is 0 Å². The number of nitrogens with zero attached hydrogens (tertiary/aromatic N) is 2. The van der Waals surface area contributed by atoms with Crippen molar-refractivity contribution >= 4 is 39.3 Å². The molecule has 6 nitrogen and oxygen atoms in total. The largest absolute Gasteiger partial charge is 0.338 e. The van der Waals surface area contributed by atoms with Crippen molar-refractivity contribution in [2.24, 2.45) is 0 Å². The minimum Gasteiger partial charge on any atom is -0.338 e. The summed E-state index contributed by atoms with van der Waals surface area (Å²) in [4.78, 5) is 17.1. The molecule has 2 heterocycles. The second kappa shape index (κ2) is 9.42. The Bertz CT molecular complexity index is 1060. The molecule has 0 radical (unpaired) electrons. The molecule has 31 heavy (non-hydrogen) atoms. The van der Waals surface area contributed by atoms with Gasteiger partial charge in [0.05, 0.1) is 15.6 Å². The van der Waals surface area contributed by atoms with Gasteiger partial charge < -0.3 is 4.90 Å². The van der Waals surface area contributed by atoms with E-state index in [1.165, 1.54) is 25.0 Å². The highest BCUT2D eigenvalue weighted by molar-refractivity contribution is 7.92. The van der Waals surface area contributed by atoms with E-state index in [-0.39, 0.29) is 10.8 Å². The average Bonchev–Trinajstić information content (AvgIpc) is 3.46. The van der Waals surface area contributed by atoms with Gasteiger partial charge in [0.2, 0.25) is 5.91 Å². The van der Waals surface area contributed by atoms with Crippen LogP contribution in [0.15, 0.2) is 59.5 Å². The molecule has 1 unspecified atom stereocenters. The van der Waals surface area contributed by atoms with Gasteiger partial charge in [-0.2, -0.15) is 0 Å². The lowest BCUT2D eigenvalue weighted by Crippen LogP contribution is -2.36. The number of carbonyl (C=O) groups excluding carboxylic acids is 1. The molecule has 2 aliphatic rings. The third kappa shape index (κ3) is 5.29. The lowest BCUT2D eigenvalue weighted by Gasteiger charge is -2.23. The number of para-hydroxylation sites is 1. The zero-order valence-electron chi connectivity index (χ0n) is 17.2. The molecule has 164 valence electrons. The summed E-state index contributed by atoms with van der Waals surface area (Å²) in [5, 5.41) is 0.332. The molecule has 2 aromatic rings. The average molecular weight is 460 g/mol. The summed E-state index contributed by atoms with van der Waals surface area (Å²) < 4.78 is 27.7. The summed E-state index contributed by atoms with van der Waals surface area (Å²) >= 11 is 6.04. The predicted molar refractivity (Wildman–Crippen MR) is 124 cm³/mol. The lowest BCUT2D eigenvalue weighted by atomic mass is 10.2. The number of nitrogens with one attached hydrogen (secondary N) is 1. The topological polar surface area (TPSA) is 69.7 Å². The second-order valence-corrected chi connectivity index (χ2v) is 10.0. The van der Waals surface area contributed by atoms with Crippen LogP contribution < -0.4 is 4.72 Å². The van der Waals surface area contributed by atoms with E-state index in [0.29, 0.717) is 16.8 Å². The summed E-state index contributed by atoms with van der Waals surface area (Å²) in [5.74, 6) is -0.00113. The first-order chi connectivity index (χ1) is 14.9. The van der Waals surface area contributed by atoms with Gasteiger partial charge in [-0.1, -0.05) is 35.9 Å². The maximum absolute atomic E-state index is 12.6. The highest BCUT2D eigenvalue weighted by Crippen LogP contribution is 2.24. The Kier molecular flexibility index (Phi) is 6.65. The van der Waals surface area contributed by atoms with Gasteiger partial charge in [-0.3, -0.25) is 14.4 Å². The Hall–Kier alpha value is -2.35. The number of anilines is 1. The number of sulfonamides is 1. The molecule has 1 amide bonds. The zero-order chi connectivity index (χ0) is 21.8. The fraction of sp³-hybridized carbons (Fsp3) is 0.348. The van der Waals surface area contributed by atoms with Gasteiger partial charge >= 0.3 is 0 Å². The van der Waals surface area contributed by atoms with E-state index in [1.54, 1.807) is 48.6 Å². The lowest BCUT2D eigenvalue weighted by molar-refractivity contribution is -0.125. The fourth-order valence-corrected chi connectivity index (χ4v) is 5.44. The first-order valence-corrected chi connectivity index (χ1v) is 12.4. The van der Waals surface area contributed by atoms with E-state index in [4.69, 9.17) is 11.6 Å². The van der Waals surface area contributed by atoms with Gasteiger partial charge in [0, 0.05) is 25.2 Å². The summed E-state index contributed by atoms with van der Waals surface area (Å²) in [6.07, 6.45) is 6.83. The van der Waals surface area contributed by atoms with Gasteiger partial charge in [0.25, 0.3) is 10.0 Å². The van der Waals surface area contributed by atoms with Gasteiger partial charge in [-0.25, -0.2) is 8.42 Å². The van der Waals surface area contributed by atoms with Crippen LogP contribution in [0.25, 0.3) is 6.08 Å². The summed E-state index contributed by atoms with van der Waals surface area (Å²) in [5.41, 5.74) is 1.09. The van der Waals surface area contributed by atoms with E-state index >= 15 is 0 Å². The van der Waals surface area contributed by atoms with Gasteiger partial charge in [0.15, 0.2) is 0 Å². The molecule has 2 aromatic carbocycles. The zero-order valence-corrected chi connectivity index (χ0v) is 18.8. The van der Waals surface area contributed by atoms with Crippen LogP contribution in [0.5, 0.6) is 0 Å². The van der Waals surface area contributed by atoms with Crippen LogP contribution in [0.2, 0.25) is 5.02 Å². The number of amides is 1. The molecule has 2 aliphatic heterocycles. The number of rotatable bonds is 6. The number of halogens is 1. The predicted octanol–water partition coefficient (Wildman–Crippen LogP) is 3.85. The van der Waals surface area contributed by atoms with Crippen molar-refractivity contribution in [1.29, 1.82) is 0 Å². The molecule has 0 saturated carbocycles. The van der Waals surface area contributed by atoms with Crippen LogP contribution in [-0.4, -0.2) is 56.3 Å². The van der Waals surface area contributed by atoms with Crippen molar-refractivity contribution in [2.45, 2.75) is 30.2 Å². The first-order valence-electron chi connectivity index (χ1n) is 10.5. The monoisotopic (exact) mass is 459 g/mol. The SMILES string of the molecule is O=C(/C=C/c1ccc(S(=O)(=O)Nc2ccccc2Cl)cc1)N1CCC(N2CCCC2)C1. The van der Waals surface area contributed by atoms with Crippen molar-refractivity contribution in [3.8, 4) is 0 Å². The van der Waals surface area contributed by atoms with Gasteiger partial charge in [0.1, 0.15) is 0 Å².